The zero-order valence-electron chi connectivity index (χ0n) is 21.8. The number of aromatic hydroxyl groups is 1. The number of benzene rings is 2. The number of phenols is 1. The summed E-state index contributed by atoms with van der Waals surface area (Å²) < 4.78 is 43.2. The molecule has 6 rings (SSSR count). The Balaban J connectivity index is 1.48. The highest BCUT2D eigenvalue weighted by Gasteiger charge is 2.57. The Hall–Kier alpha value is -4.01. The predicted molar refractivity (Wildman–Crippen MR) is 148 cm³/mol. The van der Waals surface area contributed by atoms with Gasteiger partial charge in [-0.25, -0.2) is 0 Å². The number of ketones is 2. The molecule has 2 aromatic carbocycles. The van der Waals surface area contributed by atoms with E-state index in [1.807, 2.05) is 0 Å². The lowest BCUT2D eigenvalue weighted by atomic mass is 9.59. The summed E-state index contributed by atoms with van der Waals surface area (Å²) in [4.78, 5) is 55.1. The van der Waals surface area contributed by atoms with Gasteiger partial charge in [0.2, 0.25) is 11.8 Å². The van der Waals surface area contributed by atoms with Gasteiger partial charge in [0.15, 0.2) is 11.6 Å². The molecule has 0 bridgehead atoms. The first-order chi connectivity index (χ1) is 20.3. The molecule has 1 heterocycles. The van der Waals surface area contributed by atoms with Crippen LogP contribution in [0.5, 0.6) is 11.5 Å². The number of ether oxygens (including phenoxy) is 1. The number of carbonyl (C=O) groups excluding carboxylic acids is 4. The second-order valence-electron chi connectivity index (χ2n) is 10.6. The number of anilines is 1. The monoisotopic (exact) mass is 657 g/mol. The minimum atomic E-state index is -5.04. The van der Waals surface area contributed by atoms with Crippen molar-refractivity contribution in [2.75, 3.05) is 4.90 Å². The van der Waals surface area contributed by atoms with Gasteiger partial charge in [-0.15, -0.1) is 13.2 Å². The Bertz CT molecular complexity index is 1720. The fourth-order valence-corrected chi connectivity index (χ4v) is 7.05. The van der Waals surface area contributed by atoms with E-state index in [0.29, 0.717) is 5.57 Å². The van der Waals surface area contributed by atoms with Gasteiger partial charge in [-0.05, 0) is 70.5 Å². The van der Waals surface area contributed by atoms with Crippen molar-refractivity contribution in [3.63, 3.8) is 0 Å². The van der Waals surface area contributed by atoms with Crippen molar-refractivity contribution in [3.8, 4) is 11.5 Å². The topological polar surface area (TPSA) is 141 Å². The minimum absolute atomic E-state index is 0.0258. The summed E-state index contributed by atoms with van der Waals surface area (Å²) in [6.07, 6.45) is -2.40. The van der Waals surface area contributed by atoms with E-state index in [1.54, 1.807) is 6.08 Å². The molecule has 4 aliphatic rings. The third-order valence-corrected chi connectivity index (χ3v) is 8.89. The fourth-order valence-electron chi connectivity index (χ4n) is 6.60. The molecule has 0 spiro atoms. The summed E-state index contributed by atoms with van der Waals surface area (Å²) in [7, 11) is -1.85. The smallest absolute Gasteiger partial charge is 0.508 e. The number of alkyl halides is 3. The molecule has 1 saturated heterocycles. The molecule has 3 N–H and O–H groups in total. The van der Waals surface area contributed by atoms with Crippen LogP contribution in [0, 0.1) is 17.8 Å². The van der Waals surface area contributed by atoms with Gasteiger partial charge in [-0.1, -0.05) is 23.8 Å². The number of allylic oxidation sites excluding steroid dienone is 6. The van der Waals surface area contributed by atoms with E-state index >= 15 is 0 Å². The molecule has 0 saturated carbocycles. The number of imide groups is 1. The number of phenolic OH excluding ortho intramolecular Hbond substituents is 1. The Morgan fingerprint density at radius 3 is 2.44 bits per heavy atom. The van der Waals surface area contributed by atoms with Crippen LogP contribution in [0.1, 0.15) is 24.3 Å². The first-order valence-electron chi connectivity index (χ1n) is 13.1. The molecule has 14 heteroatoms. The van der Waals surface area contributed by atoms with E-state index in [9.17, 15) is 47.5 Å². The number of hydrogen-bond donors (Lipinski definition) is 3. The lowest BCUT2D eigenvalue weighted by Gasteiger charge is -2.42. The van der Waals surface area contributed by atoms with Crippen LogP contribution in [0.15, 0.2) is 75.8 Å². The molecule has 2 aromatic rings. The van der Waals surface area contributed by atoms with E-state index < -0.39 is 72.0 Å². The molecule has 4 atom stereocenters. The number of fused-ring (bicyclic) bond motifs is 3. The number of hydrogen-bond acceptors (Lipinski definition) is 8. The van der Waals surface area contributed by atoms with Crippen LogP contribution in [0.2, 0.25) is 0 Å². The molecule has 2 amide bonds. The third-order valence-electron chi connectivity index (χ3n) is 8.30. The molecule has 9 nitrogen and oxygen atoms in total. The van der Waals surface area contributed by atoms with E-state index in [0.717, 1.165) is 29.2 Å². The number of rotatable bonds is 4. The summed E-state index contributed by atoms with van der Waals surface area (Å²) in [6.45, 7) is 0. The van der Waals surface area contributed by atoms with Crippen molar-refractivity contribution in [1.29, 1.82) is 0 Å². The van der Waals surface area contributed by atoms with Gasteiger partial charge in [0.1, 0.15) is 11.5 Å². The Morgan fingerprint density at radius 1 is 1.00 bits per heavy atom. The van der Waals surface area contributed by atoms with E-state index in [4.69, 9.17) is 0 Å². The van der Waals surface area contributed by atoms with Crippen molar-refractivity contribution < 1.29 is 52.2 Å². The fraction of sp³-hybridized carbons (Fsp3) is 0.241. The van der Waals surface area contributed by atoms with Crippen molar-refractivity contribution in [3.05, 3.63) is 81.4 Å². The molecular weight excluding hydrogens is 638 g/mol. The second-order valence-corrected chi connectivity index (χ2v) is 11.5. The third kappa shape index (κ3) is 4.83. The molecule has 0 radical (unpaired) electrons. The molecule has 43 heavy (non-hydrogen) atoms. The molecule has 1 aliphatic heterocycles. The van der Waals surface area contributed by atoms with Crippen LogP contribution in [-0.2, 0) is 19.2 Å². The Morgan fingerprint density at radius 2 is 1.74 bits per heavy atom. The Kier molecular flexibility index (Phi) is 6.98. The van der Waals surface area contributed by atoms with Crippen molar-refractivity contribution in [2.24, 2.45) is 17.8 Å². The molecule has 4 unspecified atom stereocenters. The maximum Gasteiger partial charge on any atom is 0.573 e. The van der Waals surface area contributed by atoms with Crippen LogP contribution >= 0.6 is 15.9 Å². The van der Waals surface area contributed by atoms with E-state index in [1.165, 1.54) is 24.3 Å². The summed E-state index contributed by atoms with van der Waals surface area (Å²) in [6, 6.07) is 8.47. The first kappa shape index (κ1) is 29.1. The zero-order valence-corrected chi connectivity index (χ0v) is 23.4. The second kappa shape index (κ2) is 10.3. The number of nitrogens with zero attached hydrogens (tertiary/aromatic N) is 1. The van der Waals surface area contributed by atoms with Gasteiger partial charge in [0.25, 0.3) is 0 Å². The van der Waals surface area contributed by atoms with E-state index in [-0.39, 0.29) is 45.2 Å². The standard InChI is InChI=1S/C29H20BBrF3NO8/c31-20-11-22(37)25-19(26(20)38)10-17-15(23(25)18-9-14(4-7-21(18)36)43-29(32,33)34)5-6-16-24(17)28(40)35(27(16)39)13-3-1-2-12(8-13)30(41)42/h1-5,7-9,11,16-17,23-24,36,41-42H,6,10H2. The summed E-state index contributed by atoms with van der Waals surface area (Å²) >= 11 is 3.09. The minimum Gasteiger partial charge on any atom is -0.508 e. The zero-order chi connectivity index (χ0) is 31.0. The quantitative estimate of drug-likeness (QED) is 0.197. The number of amides is 2. The lowest BCUT2D eigenvalue weighted by Crippen LogP contribution is -2.39. The summed E-state index contributed by atoms with van der Waals surface area (Å²) in [5.74, 6) is -7.30. The van der Waals surface area contributed by atoms with Crippen LogP contribution in [0.3, 0.4) is 0 Å². The summed E-state index contributed by atoms with van der Waals surface area (Å²) in [5.41, 5.74) is 0.445. The van der Waals surface area contributed by atoms with Gasteiger partial charge < -0.3 is 19.9 Å². The van der Waals surface area contributed by atoms with Crippen molar-refractivity contribution in [2.45, 2.75) is 25.1 Å². The van der Waals surface area contributed by atoms with Crippen LogP contribution in [0.25, 0.3) is 0 Å². The highest BCUT2D eigenvalue weighted by atomic mass is 79.9. The molecule has 0 aromatic heterocycles. The van der Waals surface area contributed by atoms with Crippen LogP contribution < -0.4 is 15.1 Å². The lowest BCUT2D eigenvalue weighted by molar-refractivity contribution is -0.274. The maximum absolute atomic E-state index is 13.9. The SMILES string of the molecule is O=C1C=C(Br)C(=O)C2=C1C(c1cc(OC(F)(F)F)ccc1O)C1=CCC3C(=O)N(c4cccc(B(O)O)c4)C(=O)C3C1C2. The highest BCUT2D eigenvalue weighted by molar-refractivity contribution is 9.12. The predicted octanol–water partition coefficient (Wildman–Crippen LogP) is 2.94. The van der Waals surface area contributed by atoms with Crippen LogP contribution in [0.4, 0.5) is 18.9 Å². The number of halogens is 4. The van der Waals surface area contributed by atoms with Crippen molar-refractivity contribution >= 4 is 57.6 Å². The summed E-state index contributed by atoms with van der Waals surface area (Å²) in [5, 5.41) is 30.0. The van der Waals surface area contributed by atoms with Crippen molar-refractivity contribution in [1.82, 2.24) is 0 Å². The van der Waals surface area contributed by atoms with E-state index in [2.05, 4.69) is 20.7 Å². The van der Waals surface area contributed by atoms with Crippen LogP contribution in [-0.4, -0.2) is 52.0 Å². The van der Waals surface area contributed by atoms with Gasteiger partial charge in [0.05, 0.1) is 22.0 Å². The average molecular weight is 658 g/mol. The van der Waals surface area contributed by atoms with Gasteiger partial charge in [0, 0.05) is 28.7 Å². The molecular formula is C29H20BBrF3NO8. The molecule has 3 aliphatic carbocycles. The number of carbonyl (C=O) groups is 4. The van der Waals surface area contributed by atoms with Gasteiger partial charge >= 0.3 is 13.5 Å². The largest absolute Gasteiger partial charge is 0.573 e. The first-order valence-corrected chi connectivity index (χ1v) is 13.9. The highest BCUT2D eigenvalue weighted by Crippen LogP contribution is 2.56. The Labute approximate surface area is 250 Å². The molecule has 1 fully saturated rings. The van der Waals surface area contributed by atoms with Gasteiger partial charge in [-0.2, -0.15) is 0 Å². The normalized spacial score (nSPS) is 25.2. The molecule has 220 valence electrons. The number of Topliss-reactive ketones (excluding diaryl/α,β-unsaturated/α-hetero) is 1. The average Bonchev–Trinajstić information content (AvgIpc) is 3.20. The van der Waals surface area contributed by atoms with Gasteiger partial charge in [-0.3, -0.25) is 24.1 Å². The maximum atomic E-state index is 13.9.